The van der Waals surface area contributed by atoms with Crippen LogP contribution in [0.1, 0.15) is 71.9 Å². The number of fused-ring (bicyclic) bond motifs is 7. The zero-order valence-corrected chi connectivity index (χ0v) is 28.4. The molecule has 0 spiro atoms. The number of phenols is 2. The Hall–Kier alpha value is -3.36. The monoisotopic (exact) mass is 676 g/mol. The SMILES string of the molecule is COc1cc2c(c(OC)c1O)CC#CC1SSCCC(C)CCC3Cc4c(c(OCCO)cc5c4C1C(O)C2O5)-c1ccc(O)cc13. The molecule has 3 aromatic rings. The Kier molecular flexibility index (Phi) is 9.09. The van der Waals surface area contributed by atoms with Gasteiger partial charge in [-0.1, -0.05) is 52.8 Å². The summed E-state index contributed by atoms with van der Waals surface area (Å²) in [4.78, 5) is 0. The number of aliphatic hydroxyl groups is 2. The van der Waals surface area contributed by atoms with Crippen LogP contribution in [-0.4, -0.2) is 65.0 Å². The van der Waals surface area contributed by atoms with E-state index in [1.807, 2.05) is 18.2 Å². The Balaban J connectivity index is 1.51. The summed E-state index contributed by atoms with van der Waals surface area (Å²) in [5.41, 5.74) is 6.29. The molecular formula is C37H40O8S2. The molecule has 3 aromatic carbocycles. The van der Waals surface area contributed by atoms with Gasteiger partial charge in [0.15, 0.2) is 17.6 Å². The van der Waals surface area contributed by atoms with Gasteiger partial charge >= 0.3 is 0 Å². The van der Waals surface area contributed by atoms with Crippen molar-refractivity contribution in [3.63, 3.8) is 0 Å². The molecule has 0 amide bonds. The Morgan fingerprint density at radius 1 is 1.00 bits per heavy atom. The van der Waals surface area contributed by atoms with E-state index in [9.17, 15) is 20.4 Å². The second kappa shape index (κ2) is 13.3. The van der Waals surface area contributed by atoms with Gasteiger partial charge in [0.1, 0.15) is 30.0 Å². The number of benzene rings is 3. The van der Waals surface area contributed by atoms with Crippen LogP contribution in [0.2, 0.25) is 0 Å². The Morgan fingerprint density at radius 2 is 1.85 bits per heavy atom. The minimum Gasteiger partial charge on any atom is -0.508 e. The van der Waals surface area contributed by atoms with Gasteiger partial charge < -0.3 is 39.4 Å². The number of rotatable bonds is 5. The van der Waals surface area contributed by atoms with Crippen molar-refractivity contribution in [3.05, 3.63) is 58.1 Å². The third kappa shape index (κ3) is 5.65. The number of hydrogen-bond acceptors (Lipinski definition) is 10. The summed E-state index contributed by atoms with van der Waals surface area (Å²) in [5, 5.41) is 43.6. The lowest BCUT2D eigenvalue weighted by Crippen LogP contribution is -2.40. The molecule has 6 atom stereocenters. The molecule has 0 fully saturated rings. The van der Waals surface area contributed by atoms with Crippen LogP contribution in [0.25, 0.3) is 11.1 Å². The third-order valence-corrected chi connectivity index (χ3v) is 12.7. The number of aliphatic hydroxyl groups excluding tert-OH is 2. The zero-order valence-electron chi connectivity index (χ0n) is 26.7. The van der Waals surface area contributed by atoms with Gasteiger partial charge in [-0.25, -0.2) is 0 Å². The summed E-state index contributed by atoms with van der Waals surface area (Å²) in [5.74, 6) is 9.94. The van der Waals surface area contributed by atoms with E-state index < -0.39 is 18.1 Å². The lowest BCUT2D eigenvalue weighted by atomic mass is 9.70. The van der Waals surface area contributed by atoms with Gasteiger partial charge in [0.2, 0.25) is 5.75 Å². The molecule has 248 valence electrons. The fraction of sp³-hybridized carbons (Fsp3) is 0.459. The van der Waals surface area contributed by atoms with Crippen molar-refractivity contribution in [1.29, 1.82) is 0 Å². The summed E-state index contributed by atoms with van der Waals surface area (Å²) in [6, 6.07) is 9.17. The second-order valence-corrected chi connectivity index (χ2v) is 15.4. The van der Waals surface area contributed by atoms with Crippen LogP contribution >= 0.6 is 21.6 Å². The van der Waals surface area contributed by atoms with Crippen molar-refractivity contribution < 1.29 is 39.4 Å². The maximum atomic E-state index is 12.5. The number of ether oxygens (including phenoxy) is 4. The highest BCUT2D eigenvalue weighted by molar-refractivity contribution is 8.77. The van der Waals surface area contributed by atoms with Crippen molar-refractivity contribution in [2.45, 2.75) is 68.3 Å². The molecule has 8 nitrogen and oxygen atoms in total. The van der Waals surface area contributed by atoms with E-state index in [0.717, 1.165) is 52.8 Å². The smallest absolute Gasteiger partial charge is 0.201 e. The predicted octanol–water partition coefficient (Wildman–Crippen LogP) is 6.50. The van der Waals surface area contributed by atoms with Crippen molar-refractivity contribution in [2.75, 3.05) is 33.2 Å². The first-order chi connectivity index (χ1) is 22.8. The standard InChI is InChI=1S/C37H40O8S2/c1-19-7-8-20-15-26-31(22-10-9-21(39)16-24(20)22)27(44-13-12-38)18-28-32(26)33-30(47-46-14-11-19)6-4-5-23-25(37(45-28)35(33)41)17-29(42-2)34(40)36(23)43-3/h9-10,16-20,30,33,35,37-41H,5,7-8,11-15H2,1-3H3. The lowest BCUT2D eigenvalue weighted by molar-refractivity contribution is 0.000885. The summed E-state index contributed by atoms with van der Waals surface area (Å²) in [6.07, 6.45) is 2.28. The summed E-state index contributed by atoms with van der Waals surface area (Å²) >= 11 is 0. The maximum Gasteiger partial charge on any atom is 0.201 e. The summed E-state index contributed by atoms with van der Waals surface area (Å²) < 4.78 is 24.3. The Bertz CT molecular complexity index is 1750. The van der Waals surface area contributed by atoms with E-state index in [1.165, 1.54) is 14.2 Å². The number of aromatic hydroxyl groups is 2. The zero-order chi connectivity index (χ0) is 32.8. The molecule has 6 unspecified atom stereocenters. The van der Waals surface area contributed by atoms with E-state index in [4.69, 9.17) is 18.9 Å². The Morgan fingerprint density at radius 3 is 2.64 bits per heavy atom. The minimum absolute atomic E-state index is 0.103. The minimum atomic E-state index is -0.984. The molecule has 10 heteroatoms. The molecule has 4 aliphatic rings. The van der Waals surface area contributed by atoms with Crippen LogP contribution in [0.15, 0.2) is 30.3 Å². The topological polar surface area (TPSA) is 118 Å². The molecule has 0 saturated carbocycles. The van der Waals surface area contributed by atoms with Crippen LogP contribution < -0.4 is 18.9 Å². The molecule has 0 aromatic heterocycles. The van der Waals surface area contributed by atoms with E-state index in [1.54, 1.807) is 33.7 Å². The van der Waals surface area contributed by atoms with Crippen molar-refractivity contribution in [3.8, 4) is 57.5 Å². The van der Waals surface area contributed by atoms with Gasteiger partial charge in [0.05, 0.1) is 26.1 Å². The molecular weight excluding hydrogens is 637 g/mol. The van der Waals surface area contributed by atoms with E-state index in [0.29, 0.717) is 41.4 Å². The molecule has 4 N–H and O–H groups in total. The first-order valence-corrected chi connectivity index (χ1v) is 18.6. The van der Waals surface area contributed by atoms with Crippen molar-refractivity contribution in [2.24, 2.45) is 5.92 Å². The Labute approximate surface area is 283 Å². The number of hydrogen-bond donors (Lipinski definition) is 4. The number of phenolic OH excluding ortho intramolecular Hbond substituents is 2. The normalized spacial score (nSPS) is 25.8. The molecule has 0 radical (unpaired) electrons. The van der Waals surface area contributed by atoms with Crippen LogP contribution in [0.4, 0.5) is 0 Å². The van der Waals surface area contributed by atoms with Crippen LogP contribution in [-0.2, 0) is 12.8 Å². The molecule has 2 aliphatic heterocycles. The third-order valence-electron chi connectivity index (χ3n) is 10.0. The lowest BCUT2D eigenvalue weighted by Gasteiger charge is -2.42. The highest BCUT2D eigenvalue weighted by atomic mass is 33.1. The highest BCUT2D eigenvalue weighted by Gasteiger charge is 2.47. The highest BCUT2D eigenvalue weighted by Crippen LogP contribution is 2.58. The quantitative estimate of drug-likeness (QED) is 0.176. The molecule has 7 rings (SSSR count). The maximum absolute atomic E-state index is 12.5. The van der Waals surface area contributed by atoms with Crippen molar-refractivity contribution >= 4 is 21.6 Å². The van der Waals surface area contributed by atoms with E-state index in [-0.39, 0.29) is 47.4 Å². The van der Waals surface area contributed by atoms with Gasteiger partial charge in [-0.05, 0) is 66.0 Å². The molecule has 47 heavy (non-hydrogen) atoms. The van der Waals surface area contributed by atoms with Gasteiger partial charge in [-0.15, -0.1) is 0 Å². The van der Waals surface area contributed by atoms with Gasteiger partial charge in [0, 0.05) is 46.4 Å². The predicted molar refractivity (Wildman–Crippen MR) is 184 cm³/mol. The van der Waals surface area contributed by atoms with Crippen LogP contribution in [0.3, 0.4) is 0 Å². The van der Waals surface area contributed by atoms with Crippen molar-refractivity contribution in [1.82, 2.24) is 0 Å². The van der Waals surface area contributed by atoms with E-state index in [2.05, 4.69) is 18.8 Å². The second-order valence-electron chi connectivity index (χ2n) is 12.8. The van der Waals surface area contributed by atoms with Gasteiger partial charge in [0.25, 0.3) is 0 Å². The van der Waals surface area contributed by atoms with E-state index >= 15 is 0 Å². The van der Waals surface area contributed by atoms with Gasteiger partial charge in [-0.3, -0.25) is 0 Å². The molecule has 2 heterocycles. The fourth-order valence-corrected chi connectivity index (χ4v) is 10.5. The first kappa shape index (κ1) is 32.2. The van der Waals surface area contributed by atoms with Gasteiger partial charge in [-0.2, -0.15) is 0 Å². The van der Waals surface area contributed by atoms with Crippen LogP contribution in [0, 0.1) is 17.8 Å². The number of methoxy groups -OCH3 is 2. The molecule has 4 bridgehead atoms. The largest absolute Gasteiger partial charge is 0.508 e. The average Bonchev–Trinajstić information content (AvgIpc) is 3.10. The van der Waals surface area contributed by atoms with Crippen LogP contribution in [0.5, 0.6) is 34.5 Å². The average molecular weight is 677 g/mol. The fourth-order valence-electron chi connectivity index (χ4n) is 7.72. The molecule has 2 aliphatic carbocycles. The first-order valence-electron chi connectivity index (χ1n) is 16.2. The summed E-state index contributed by atoms with van der Waals surface area (Å²) in [6.45, 7) is 2.26. The molecule has 0 saturated heterocycles. The summed E-state index contributed by atoms with van der Waals surface area (Å²) in [7, 11) is 6.49.